The highest BCUT2D eigenvalue weighted by Gasteiger charge is 2.07. The second-order valence-corrected chi connectivity index (χ2v) is 3.63. The topological polar surface area (TPSA) is 49.8 Å². The Morgan fingerprint density at radius 2 is 1.29 bits per heavy atom. The van der Waals surface area contributed by atoms with E-state index in [-0.39, 0.29) is 0 Å². The molecule has 0 fully saturated rings. The molecule has 2 aromatic rings. The zero-order valence-corrected chi connectivity index (χ0v) is 9.30. The second kappa shape index (κ2) is 5.00. The Labute approximate surface area is 101 Å². The maximum absolute atomic E-state index is 9.22. The maximum atomic E-state index is 9.22. The minimum Gasteiger partial charge on any atom is -0.397 e. The van der Waals surface area contributed by atoms with Gasteiger partial charge in [-0.15, -0.1) is 0 Å². The summed E-state index contributed by atoms with van der Waals surface area (Å²) in [5.74, 6) is 0. The van der Waals surface area contributed by atoms with E-state index in [1.54, 1.807) is 0 Å². The number of nitrogens with zero attached hydrogens (tertiary/aromatic N) is 1. The highest BCUT2D eigenvalue weighted by atomic mass is 14.6. The van der Waals surface area contributed by atoms with Crippen LogP contribution in [0.5, 0.6) is 0 Å². The number of rotatable bonds is 2. The standard InChI is InChI=1S/C15H12N2/c16-11-14(12-7-3-1-4-8-12)15(17)13-9-5-2-6-10-13/h1-10H,17H2/b15-14+. The van der Waals surface area contributed by atoms with Crippen molar-refractivity contribution in [3.05, 3.63) is 71.8 Å². The van der Waals surface area contributed by atoms with Crippen LogP contribution in [0.1, 0.15) is 11.1 Å². The third-order valence-electron chi connectivity index (χ3n) is 2.53. The summed E-state index contributed by atoms with van der Waals surface area (Å²) in [4.78, 5) is 0. The van der Waals surface area contributed by atoms with E-state index in [0.717, 1.165) is 11.1 Å². The van der Waals surface area contributed by atoms with E-state index in [9.17, 15) is 5.26 Å². The summed E-state index contributed by atoms with van der Waals surface area (Å²) < 4.78 is 0. The van der Waals surface area contributed by atoms with E-state index in [1.165, 1.54) is 0 Å². The monoisotopic (exact) mass is 220 g/mol. The van der Waals surface area contributed by atoms with Gasteiger partial charge in [-0.3, -0.25) is 0 Å². The van der Waals surface area contributed by atoms with Crippen LogP contribution in [0.25, 0.3) is 11.3 Å². The van der Waals surface area contributed by atoms with Gasteiger partial charge in [-0.05, 0) is 11.1 Å². The first-order valence-electron chi connectivity index (χ1n) is 5.33. The van der Waals surface area contributed by atoms with Gasteiger partial charge in [0, 0.05) is 0 Å². The summed E-state index contributed by atoms with van der Waals surface area (Å²) in [6.45, 7) is 0. The SMILES string of the molecule is N#C/C(=C(\N)c1ccccc1)c1ccccc1. The highest BCUT2D eigenvalue weighted by Crippen LogP contribution is 2.21. The Balaban J connectivity index is 2.53. The van der Waals surface area contributed by atoms with Gasteiger partial charge < -0.3 is 5.73 Å². The van der Waals surface area contributed by atoms with E-state index >= 15 is 0 Å². The van der Waals surface area contributed by atoms with Crippen molar-refractivity contribution in [1.82, 2.24) is 0 Å². The van der Waals surface area contributed by atoms with Crippen LogP contribution in [0.3, 0.4) is 0 Å². The molecule has 0 aromatic heterocycles. The molecular formula is C15H12N2. The third-order valence-corrected chi connectivity index (χ3v) is 2.53. The van der Waals surface area contributed by atoms with Crippen molar-refractivity contribution in [3.63, 3.8) is 0 Å². The quantitative estimate of drug-likeness (QED) is 0.624. The number of allylic oxidation sites excluding steroid dienone is 1. The van der Waals surface area contributed by atoms with Crippen molar-refractivity contribution in [2.45, 2.75) is 0 Å². The molecule has 0 saturated heterocycles. The molecule has 0 bridgehead atoms. The molecule has 2 aromatic carbocycles. The van der Waals surface area contributed by atoms with Crippen molar-refractivity contribution in [1.29, 1.82) is 5.26 Å². The van der Waals surface area contributed by atoms with E-state index in [1.807, 2.05) is 60.7 Å². The normalized spacial score (nSPS) is 11.5. The van der Waals surface area contributed by atoms with Gasteiger partial charge in [0.15, 0.2) is 0 Å². The first kappa shape index (κ1) is 11.0. The van der Waals surface area contributed by atoms with Gasteiger partial charge in [0.2, 0.25) is 0 Å². The molecule has 0 heterocycles. The number of nitriles is 1. The predicted octanol–water partition coefficient (Wildman–Crippen LogP) is 3.04. The number of hydrogen-bond donors (Lipinski definition) is 1. The Bertz CT molecular complexity index is 563. The van der Waals surface area contributed by atoms with Crippen molar-refractivity contribution in [2.24, 2.45) is 5.73 Å². The molecule has 0 aliphatic heterocycles. The van der Waals surface area contributed by atoms with Gasteiger partial charge in [0.05, 0.1) is 11.3 Å². The maximum Gasteiger partial charge on any atom is 0.102 e. The van der Waals surface area contributed by atoms with E-state index in [4.69, 9.17) is 5.73 Å². The first-order chi connectivity index (χ1) is 8.33. The van der Waals surface area contributed by atoms with Crippen molar-refractivity contribution >= 4 is 11.3 Å². The molecule has 0 spiro atoms. The number of benzene rings is 2. The minimum absolute atomic E-state index is 0.511. The molecule has 2 N–H and O–H groups in total. The summed E-state index contributed by atoms with van der Waals surface area (Å²) >= 11 is 0. The zero-order chi connectivity index (χ0) is 12.1. The minimum atomic E-state index is 0.511. The lowest BCUT2D eigenvalue weighted by Crippen LogP contribution is -2.00. The van der Waals surface area contributed by atoms with Crippen LogP contribution in [-0.4, -0.2) is 0 Å². The average molecular weight is 220 g/mol. The molecule has 0 aliphatic carbocycles. The molecule has 2 heteroatoms. The second-order valence-electron chi connectivity index (χ2n) is 3.63. The van der Waals surface area contributed by atoms with Crippen molar-refractivity contribution in [3.8, 4) is 6.07 Å². The molecule has 82 valence electrons. The van der Waals surface area contributed by atoms with Gasteiger partial charge in [0.1, 0.15) is 6.07 Å². The van der Waals surface area contributed by atoms with Crippen LogP contribution < -0.4 is 5.73 Å². The van der Waals surface area contributed by atoms with Gasteiger partial charge in [-0.25, -0.2) is 0 Å². The van der Waals surface area contributed by atoms with Gasteiger partial charge >= 0.3 is 0 Å². The molecule has 0 atom stereocenters. The highest BCUT2D eigenvalue weighted by molar-refractivity contribution is 5.95. The fourth-order valence-electron chi connectivity index (χ4n) is 1.65. The van der Waals surface area contributed by atoms with Gasteiger partial charge in [-0.2, -0.15) is 5.26 Å². The Hall–Kier alpha value is -2.53. The van der Waals surface area contributed by atoms with Crippen molar-refractivity contribution < 1.29 is 0 Å². The summed E-state index contributed by atoms with van der Waals surface area (Å²) in [7, 11) is 0. The smallest absolute Gasteiger partial charge is 0.102 e. The van der Waals surface area contributed by atoms with Crippen LogP contribution in [0.15, 0.2) is 60.7 Å². The van der Waals surface area contributed by atoms with Crippen LogP contribution >= 0.6 is 0 Å². The molecule has 2 rings (SSSR count). The molecular weight excluding hydrogens is 208 g/mol. The molecule has 0 radical (unpaired) electrons. The molecule has 0 aliphatic rings. The largest absolute Gasteiger partial charge is 0.397 e. The lowest BCUT2D eigenvalue weighted by atomic mass is 10.0. The predicted molar refractivity (Wildman–Crippen MR) is 69.5 cm³/mol. The molecule has 0 unspecified atom stereocenters. The van der Waals surface area contributed by atoms with Crippen molar-refractivity contribution in [2.75, 3.05) is 0 Å². The summed E-state index contributed by atoms with van der Waals surface area (Å²) in [6, 6.07) is 21.2. The summed E-state index contributed by atoms with van der Waals surface area (Å²) in [6.07, 6.45) is 0. The summed E-state index contributed by atoms with van der Waals surface area (Å²) in [5, 5.41) is 9.22. The molecule has 17 heavy (non-hydrogen) atoms. The number of hydrogen-bond acceptors (Lipinski definition) is 2. The van der Waals surface area contributed by atoms with Crippen LogP contribution in [-0.2, 0) is 0 Å². The van der Waals surface area contributed by atoms with E-state index in [0.29, 0.717) is 11.3 Å². The zero-order valence-electron chi connectivity index (χ0n) is 9.30. The number of nitrogens with two attached hydrogens (primary N) is 1. The molecule has 0 amide bonds. The lowest BCUT2D eigenvalue weighted by molar-refractivity contribution is 1.48. The fraction of sp³-hybridized carbons (Fsp3) is 0. The molecule has 2 nitrogen and oxygen atoms in total. The van der Waals surface area contributed by atoms with Crippen LogP contribution in [0.4, 0.5) is 0 Å². The Kier molecular flexibility index (Phi) is 3.23. The Morgan fingerprint density at radius 1 is 0.824 bits per heavy atom. The lowest BCUT2D eigenvalue weighted by Gasteiger charge is -2.05. The van der Waals surface area contributed by atoms with E-state index in [2.05, 4.69) is 6.07 Å². The third kappa shape index (κ3) is 2.35. The summed E-state index contributed by atoms with van der Waals surface area (Å²) in [5.41, 5.74) is 8.78. The van der Waals surface area contributed by atoms with E-state index < -0.39 is 0 Å². The average Bonchev–Trinajstić information content (AvgIpc) is 2.42. The van der Waals surface area contributed by atoms with Crippen LogP contribution in [0, 0.1) is 11.3 Å². The first-order valence-corrected chi connectivity index (χ1v) is 5.33. The van der Waals surface area contributed by atoms with Gasteiger partial charge in [-0.1, -0.05) is 60.7 Å². The fourth-order valence-corrected chi connectivity index (χ4v) is 1.65. The van der Waals surface area contributed by atoms with Gasteiger partial charge in [0.25, 0.3) is 0 Å². The molecule has 0 saturated carbocycles. The van der Waals surface area contributed by atoms with Crippen LogP contribution in [0.2, 0.25) is 0 Å². The Morgan fingerprint density at radius 3 is 1.76 bits per heavy atom.